The minimum atomic E-state index is -0.427. The standard InChI is InChI=1S/C12H23N3O3/c1-8(2)13-12(17)14-11(16)7-15-5-9(3)18-10(4)6-15/h8-10H,5-7H2,1-4H3,(H2,13,14,16,17)/p+1/t9-,10-/m0/s1. The molecule has 0 saturated carbocycles. The van der Waals surface area contributed by atoms with Gasteiger partial charge in [-0.15, -0.1) is 0 Å². The zero-order valence-electron chi connectivity index (χ0n) is 11.6. The third kappa shape index (κ3) is 5.46. The number of hydrogen-bond donors (Lipinski definition) is 3. The molecule has 0 aliphatic carbocycles. The number of carbonyl (C=O) groups is 2. The van der Waals surface area contributed by atoms with Crippen molar-refractivity contribution in [3.8, 4) is 0 Å². The average Bonchev–Trinajstić information content (AvgIpc) is 2.12. The highest BCUT2D eigenvalue weighted by molar-refractivity contribution is 5.94. The normalized spacial score (nSPS) is 27.9. The van der Waals surface area contributed by atoms with Gasteiger partial charge in [0, 0.05) is 6.04 Å². The number of urea groups is 1. The maximum absolute atomic E-state index is 11.7. The maximum atomic E-state index is 11.7. The quantitative estimate of drug-likeness (QED) is 0.602. The van der Waals surface area contributed by atoms with Gasteiger partial charge in [0.15, 0.2) is 6.54 Å². The maximum Gasteiger partial charge on any atom is 0.321 e. The van der Waals surface area contributed by atoms with Crippen LogP contribution in [0.3, 0.4) is 0 Å². The van der Waals surface area contributed by atoms with Crippen LogP contribution in [0.1, 0.15) is 27.7 Å². The topological polar surface area (TPSA) is 71.9 Å². The highest BCUT2D eigenvalue weighted by Gasteiger charge is 2.27. The number of quaternary nitrogens is 1. The minimum Gasteiger partial charge on any atom is -0.364 e. The smallest absolute Gasteiger partial charge is 0.321 e. The van der Waals surface area contributed by atoms with Crippen molar-refractivity contribution in [2.75, 3.05) is 19.6 Å². The van der Waals surface area contributed by atoms with Crippen LogP contribution in [0.25, 0.3) is 0 Å². The second-order valence-electron chi connectivity index (χ2n) is 5.27. The van der Waals surface area contributed by atoms with Crippen LogP contribution in [0.5, 0.6) is 0 Å². The van der Waals surface area contributed by atoms with Gasteiger partial charge in [-0.3, -0.25) is 10.1 Å². The summed E-state index contributed by atoms with van der Waals surface area (Å²) in [6, 6.07) is -0.405. The third-order valence-corrected chi connectivity index (χ3v) is 2.70. The highest BCUT2D eigenvalue weighted by Crippen LogP contribution is 1.97. The van der Waals surface area contributed by atoms with E-state index in [4.69, 9.17) is 4.74 Å². The van der Waals surface area contributed by atoms with Crippen LogP contribution in [0.15, 0.2) is 0 Å². The van der Waals surface area contributed by atoms with E-state index in [2.05, 4.69) is 10.6 Å². The molecule has 1 fully saturated rings. The van der Waals surface area contributed by atoms with E-state index in [1.54, 1.807) is 0 Å². The molecule has 0 spiro atoms. The number of amides is 3. The summed E-state index contributed by atoms with van der Waals surface area (Å²) in [4.78, 5) is 24.2. The van der Waals surface area contributed by atoms with Crippen molar-refractivity contribution in [3.63, 3.8) is 0 Å². The summed E-state index contributed by atoms with van der Waals surface area (Å²) in [5.41, 5.74) is 0. The molecule has 104 valence electrons. The number of rotatable bonds is 3. The largest absolute Gasteiger partial charge is 0.364 e. The number of hydrogen-bond acceptors (Lipinski definition) is 3. The van der Waals surface area contributed by atoms with E-state index in [0.717, 1.165) is 18.0 Å². The van der Waals surface area contributed by atoms with Gasteiger partial charge in [0.05, 0.1) is 0 Å². The van der Waals surface area contributed by atoms with Crippen LogP contribution in [0.2, 0.25) is 0 Å². The van der Waals surface area contributed by atoms with Crippen LogP contribution in [-0.2, 0) is 9.53 Å². The molecule has 1 aliphatic rings. The molecule has 3 amide bonds. The van der Waals surface area contributed by atoms with E-state index in [-0.39, 0.29) is 24.2 Å². The second kappa shape index (κ2) is 6.70. The molecule has 0 unspecified atom stereocenters. The lowest BCUT2D eigenvalue weighted by Crippen LogP contribution is -3.16. The molecular formula is C12H24N3O3+. The predicted molar refractivity (Wildman–Crippen MR) is 67.4 cm³/mol. The van der Waals surface area contributed by atoms with E-state index >= 15 is 0 Å². The molecule has 0 aromatic heterocycles. The van der Waals surface area contributed by atoms with E-state index < -0.39 is 6.03 Å². The fourth-order valence-corrected chi connectivity index (χ4v) is 2.23. The van der Waals surface area contributed by atoms with Crippen LogP contribution >= 0.6 is 0 Å². The fraction of sp³-hybridized carbons (Fsp3) is 0.833. The van der Waals surface area contributed by atoms with Gasteiger partial charge in [-0.1, -0.05) is 0 Å². The average molecular weight is 258 g/mol. The Morgan fingerprint density at radius 2 is 1.83 bits per heavy atom. The molecule has 0 radical (unpaired) electrons. The lowest BCUT2D eigenvalue weighted by atomic mass is 10.2. The van der Waals surface area contributed by atoms with Crippen molar-refractivity contribution >= 4 is 11.9 Å². The van der Waals surface area contributed by atoms with Gasteiger partial charge in [-0.25, -0.2) is 4.79 Å². The molecule has 1 saturated heterocycles. The molecule has 1 aliphatic heterocycles. The second-order valence-corrected chi connectivity index (χ2v) is 5.27. The number of carbonyl (C=O) groups excluding carboxylic acids is 2. The van der Waals surface area contributed by atoms with Crippen LogP contribution < -0.4 is 15.5 Å². The van der Waals surface area contributed by atoms with Crippen molar-refractivity contribution in [1.82, 2.24) is 10.6 Å². The Bertz CT molecular complexity index is 297. The van der Waals surface area contributed by atoms with Gasteiger partial charge < -0.3 is 15.0 Å². The highest BCUT2D eigenvalue weighted by atomic mass is 16.5. The Hall–Kier alpha value is -1.14. The lowest BCUT2D eigenvalue weighted by molar-refractivity contribution is -0.907. The van der Waals surface area contributed by atoms with Crippen molar-refractivity contribution in [2.45, 2.75) is 45.9 Å². The summed E-state index contributed by atoms with van der Waals surface area (Å²) in [6.45, 7) is 9.59. The van der Waals surface area contributed by atoms with Crippen molar-refractivity contribution in [2.24, 2.45) is 0 Å². The van der Waals surface area contributed by atoms with Gasteiger partial charge in [-0.05, 0) is 27.7 Å². The Morgan fingerprint density at radius 3 is 2.33 bits per heavy atom. The molecule has 0 aromatic carbocycles. The minimum absolute atomic E-state index is 0.0218. The van der Waals surface area contributed by atoms with Gasteiger partial charge in [0.25, 0.3) is 5.91 Å². The van der Waals surface area contributed by atoms with Gasteiger partial charge in [-0.2, -0.15) is 0 Å². The van der Waals surface area contributed by atoms with E-state index in [9.17, 15) is 9.59 Å². The summed E-state index contributed by atoms with van der Waals surface area (Å²) >= 11 is 0. The number of imide groups is 1. The summed E-state index contributed by atoms with van der Waals surface area (Å²) in [5.74, 6) is -0.246. The van der Waals surface area contributed by atoms with Gasteiger partial charge >= 0.3 is 6.03 Å². The van der Waals surface area contributed by atoms with E-state index in [0.29, 0.717) is 6.54 Å². The molecule has 1 heterocycles. The zero-order chi connectivity index (χ0) is 13.7. The van der Waals surface area contributed by atoms with Crippen LogP contribution in [0.4, 0.5) is 4.79 Å². The number of morpholine rings is 1. The van der Waals surface area contributed by atoms with Crippen LogP contribution in [-0.4, -0.2) is 49.8 Å². The Kier molecular flexibility index (Phi) is 5.55. The van der Waals surface area contributed by atoms with Crippen molar-refractivity contribution in [3.05, 3.63) is 0 Å². The first-order valence-electron chi connectivity index (χ1n) is 6.46. The molecule has 1 rings (SSSR count). The summed E-state index contributed by atoms with van der Waals surface area (Å²) in [5, 5.41) is 4.96. The Labute approximate surface area is 108 Å². The van der Waals surface area contributed by atoms with E-state index in [1.165, 1.54) is 0 Å². The molecule has 6 nitrogen and oxygen atoms in total. The van der Waals surface area contributed by atoms with Gasteiger partial charge in [0.2, 0.25) is 0 Å². The van der Waals surface area contributed by atoms with Crippen LogP contribution in [0, 0.1) is 0 Å². The molecule has 0 aromatic rings. The summed E-state index contributed by atoms with van der Waals surface area (Å²) < 4.78 is 5.60. The first-order valence-corrected chi connectivity index (χ1v) is 6.46. The monoisotopic (exact) mass is 258 g/mol. The molecular weight excluding hydrogens is 234 g/mol. The predicted octanol–water partition coefficient (Wildman–Crippen LogP) is -1.09. The van der Waals surface area contributed by atoms with Crippen molar-refractivity contribution in [1.29, 1.82) is 0 Å². The Balaban J connectivity index is 2.33. The third-order valence-electron chi connectivity index (χ3n) is 2.70. The van der Waals surface area contributed by atoms with E-state index in [1.807, 2.05) is 27.7 Å². The lowest BCUT2D eigenvalue weighted by Gasteiger charge is -2.31. The molecule has 18 heavy (non-hydrogen) atoms. The fourth-order valence-electron chi connectivity index (χ4n) is 2.23. The molecule has 3 N–H and O–H groups in total. The molecule has 0 bridgehead atoms. The van der Waals surface area contributed by atoms with Gasteiger partial charge in [0.1, 0.15) is 25.3 Å². The zero-order valence-corrected chi connectivity index (χ0v) is 11.6. The first-order chi connectivity index (χ1) is 8.36. The Morgan fingerprint density at radius 1 is 1.28 bits per heavy atom. The SMILES string of the molecule is CC(C)NC(=O)NC(=O)C[NH+]1C[C@H](C)O[C@@H](C)C1. The molecule has 2 atom stereocenters. The summed E-state index contributed by atoms with van der Waals surface area (Å²) in [6.07, 6.45) is 0.307. The first kappa shape index (κ1) is 14.9. The molecule has 6 heteroatoms. The van der Waals surface area contributed by atoms with Crippen molar-refractivity contribution < 1.29 is 19.2 Å². The number of nitrogens with one attached hydrogen (secondary N) is 3. The number of ether oxygens (including phenoxy) is 1. The summed E-state index contributed by atoms with van der Waals surface area (Å²) in [7, 11) is 0.